The van der Waals surface area contributed by atoms with Crippen molar-refractivity contribution in [2.24, 2.45) is 0 Å². The highest BCUT2D eigenvalue weighted by atomic mass is 32.1. The van der Waals surface area contributed by atoms with E-state index in [4.69, 9.17) is 0 Å². The molecule has 2 aromatic rings. The van der Waals surface area contributed by atoms with Crippen LogP contribution < -0.4 is 5.32 Å². The number of alkyl halides is 3. The Morgan fingerprint density at radius 3 is 2.57 bits per heavy atom. The Hall–Kier alpha value is -2.95. The van der Waals surface area contributed by atoms with E-state index in [1.54, 1.807) is 7.05 Å². The second-order valence-electron chi connectivity index (χ2n) is 6.17. The van der Waals surface area contributed by atoms with E-state index < -0.39 is 23.6 Å². The molecule has 1 N–H and O–H groups in total. The molecule has 0 atom stereocenters. The Bertz CT molecular complexity index is 915. The van der Waals surface area contributed by atoms with Gasteiger partial charge in [0.2, 0.25) is 5.91 Å². The van der Waals surface area contributed by atoms with Crippen LogP contribution in [0, 0.1) is 0 Å². The highest BCUT2D eigenvalue weighted by molar-refractivity contribution is 7.08. The lowest BCUT2D eigenvalue weighted by atomic mass is 10.1. The number of amides is 3. The first-order valence-electron chi connectivity index (χ1n) is 8.12. The van der Waals surface area contributed by atoms with Gasteiger partial charge in [-0.25, -0.2) is 4.37 Å². The maximum Gasteiger partial charge on any atom is 0.416 e. The molecule has 2 heterocycles. The van der Waals surface area contributed by atoms with Crippen molar-refractivity contribution < 1.29 is 27.6 Å². The van der Waals surface area contributed by atoms with E-state index in [2.05, 4.69) is 9.69 Å². The molecule has 1 aliphatic rings. The van der Waals surface area contributed by atoms with Crippen LogP contribution in [0.25, 0.3) is 0 Å². The maximum atomic E-state index is 13.3. The van der Waals surface area contributed by atoms with Crippen LogP contribution in [0.15, 0.2) is 30.5 Å². The largest absolute Gasteiger partial charge is 0.416 e. The molecule has 0 radical (unpaired) electrons. The van der Waals surface area contributed by atoms with E-state index in [-0.39, 0.29) is 35.1 Å². The van der Waals surface area contributed by atoms with Crippen LogP contribution in [-0.2, 0) is 11.0 Å². The average molecular weight is 412 g/mol. The predicted octanol–water partition coefficient (Wildman–Crippen LogP) is 2.33. The van der Waals surface area contributed by atoms with Crippen LogP contribution in [0.4, 0.5) is 18.9 Å². The van der Waals surface area contributed by atoms with E-state index in [1.807, 2.05) is 0 Å². The summed E-state index contributed by atoms with van der Waals surface area (Å²) in [5, 5.41) is 2.36. The van der Waals surface area contributed by atoms with Crippen molar-refractivity contribution in [3.63, 3.8) is 0 Å². The molecule has 0 bridgehead atoms. The summed E-state index contributed by atoms with van der Waals surface area (Å²) in [4.78, 5) is 39.4. The number of halogens is 3. The molecule has 1 aromatic heterocycles. The van der Waals surface area contributed by atoms with Gasteiger partial charge in [-0.3, -0.25) is 14.4 Å². The minimum absolute atomic E-state index is 0.169. The van der Waals surface area contributed by atoms with Gasteiger partial charge in [-0.1, -0.05) is 0 Å². The topological polar surface area (TPSA) is 82.6 Å². The molecule has 0 saturated carbocycles. The number of hydrogen-bond donors (Lipinski definition) is 1. The number of hydrogen-bond acceptors (Lipinski definition) is 5. The zero-order valence-corrected chi connectivity index (χ0v) is 15.4. The fourth-order valence-corrected chi connectivity index (χ4v) is 3.12. The van der Waals surface area contributed by atoms with Gasteiger partial charge < -0.3 is 15.1 Å². The van der Waals surface area contributed by atoms with Gasteiger partial charge in [-0.15, -0.1) is 0 Å². The predicted molar refractivity (Wildman–Crippen MR) is 95.1 cm³/mol. The summed E-state index contributed by atoms with van der Waals surface area (Å²) in [6.07, 6.45) is -3.32. The number of carbonyl (C=O) groups is 3. The number of anilines is 1. The lowest BCUT2D eigenvalue weighted by Gasteiger charge is -2.32. The van der Waals surface area contributed by atoms with Gasteiger partial charge in [0, 0.05) is 37.6 Å². The third-order valence-electron chi connectivity index (χ3n) is 4.17. The molecule has 0 spiro atoms. The summed E-state index contributed by atoms with van der Waals surface area (Å²) in [5.41, 5.74) is -1.50. The first kappa shape index (κ1) is 19.8. The summed E-state index contributed by atoms with van der Waals surface area (Å²) < 4.78 is 43.6. The third-order valence-corrected chi connectivity index (χ3v) is 4.92. The van der Waals surface area contributed by atoms with Crippen molar-refractivity contribution >= 4 is 34.9 Å². The van der Waals surface area contributed by atoms with Gasteiger partial charge in [0.1, 0.15) is 11.4 Å². The molecule has 1 aromatic carbocycles. The number of piperazine rings is 1. The quantitative estimate of drug-likeness (QED) is 0.839. The van der Waals surface area contributed by atoms with Crippen LogP contribution >= 0.6 is 11.5 Å². The van der Waals surface area contributed by atoms with E-state index in [0.29, 0.717) is 12.6 Å². The molecule has 3 rings (SSSR count). The molecule has 3 amide bonds. The molecule has 0 unspecified atom stereocenters. The average Bonchev–Trinajstić information content (AvgIpc) is 3.17. The highest BCUT2D eigenvalue weighted by Crippen LogP contribution is 2.32. The van der Waals surface area contributed by atoms with Gasteiger partial charge in [-0.05, 0) is 35.8 Å². The molecule has 7 nitrogen and oxygen atoms in total. The SMILES string of the molecule is CN1CCN(C(=O)c2cc(NC(=O)c3ccns3)cc(C(F)(F)F)c2)CC1=O. The van der Waals surface area contributed by atoms with Crippen LogP contribution in [0.3, 0.4) is 0 Å². The van der Waals surface area contributed by atoms with Crippen molar-refractivity contribution in [1.29, 1.82) is 0 Å². The van der Waals surface area contributed by atoms with Crippen LogP contribution in [0.2, 0.25) is 0 Å². The smallest absolute Gasteiger partial charge is 0.342 e. The Morgan fingerprint density at radius 2 is 1.96 bits per heavy atom. The first-order valence-corrected chi connectivity index (χ1v) is 8.90. The molecule has 0 aliphatic carbocycles. The second-order valence-corrected chi connectivity index (χ2v) is 7.00. The lowest BCUT2D eigenvalue weighted by molar-refractivity contribution is -0.137. The van der Waals surface area contributed by atoms with Crippen molar-refractivity contribution in [2.45, 2.75) is 6.18 Å². The molecule has 1 saturated heterocycles. The summed E-state index contributed by atoms with van der Waals surface area (Å²) in [5.74, 6) is -1.64. The number of nitrogens with one attached hydrogen (secondary N) is 1. The summed E-state index contributed by atoms with van der Waals surface area (Å²) >= 11 is 0.892. The first-order chi connectivity index (χ1) is 13.1. The van der Waals surface area contributed by atoms with Crippen LogP contribution in [-0.4, -0.2) is 58.6 Å². The van der Waals surface area contributed by atoms with Gasteiger partial charge in [0.05, 0.1) is 5.56 Å². The molecular weight excluding hydrogens is 397 g/mol. The standard InChI is InChI=1S/C17H15F3N4O3S/c1-23-4-5-24(9-14(23)25)16(27)10-6-11(17(18,19)20)8-12(7-10)22-15(26)13-2-3-21-28-13/h2-3,6-8H,4-5,9H2,1H3,(H,22,26). The Labute approximate surface area is 161 Å². The van der Waals surface area contributed by atoms with Gasteiger partial charge in [0.25, 0.3) is 11.8 Å². The molecule has 148 valence electrons. The van der Waals surface area contributed by atoms with E-state index in [1.165, 1.54) is 28.1 Å². The summed E-state index contributed by atoms with van der Waals surface area (Å²) in [6, 6.07) is 4.06. The minimum Gasteiger partial charge on any atom is -0.342 e. The van der Waals surface area contributed by atoms with E-state index in [9.17, 15) is 27.6 Å². The second kappa shape index (κ2) is 7.58. The fraction of sp³-hybridized carbons (Fsp3) is 0.294. The van der Waals surface area contributed by atoms with Gasteiger partial charge in [0.15, 0.2) is 0 Å². The summed E-state index contributed by atoms with van der Waals surface area (Å²) in [6.45, 7) is 0.284. The number of benzene rings is 1. The Balaban J connectivity index is 1.90. The van der Waals surface area contributed by atoms with Crippen molar-refractivity contribution in [1.82, 2.24) is 14.2 Å². The number of rotatable bonds is 3. The van der Waals surface area contributed by atoms with Crippen molar-refractivity contribution in [3.05, 3.63) is 46.5 Å². The van der Waals surface area contributed by atoms with Crippen LogP contribution in [0.1, 0.15) is 25.6 Å². The van der Waals surface area contributed by atoms with E-state index in [0.717, 1.165) is 17.6 Å². The van der Waals surface area contributed by atoms with Crippen molar-refractivity contribution in [2.75, 3.05) is 32.0 Å². The third kappa shape index (κ3) is 4.30. The van der Waals surface area contributed by atoms with Crippen molar-refractivity contribution in [3.8, 4) is 0 Å². The maximum absolute atomic E-state index is 13.3. The molecular formula is C17H15F3N4O3S. The van der Waals surface area contributed by atoms with Gasteiger partial charge >= 0.3 is 6.18 Å². The molecule has 11 heteroatoms. The van der Waals surface area contributed by atoms with Gasteiger partial charge in [-0.2, -0.15) is 13.2 Å². The highest BCUT2D eigenvalue weighted by Gasteiger charge is 2.33. The fourth-order valence-electron chi connectivity index (χ4n) is 2.63. The van der Waals surface area contributed by atoms with Crippen LogP contribution in [0.5, 0.6) is 0 Å². The van der Waals surface area contributed by atoms with E-state index >= 15 is 0 Å². The normalized spacial score (nSPS) is 14.9. The summed E-state index contributed by atoms with van der Waals surface area (Å²) in [7, 11) is 1.58. The monoisotopic (exact) mass is 412 g/mol. The number of aromatic nitrogens is 1. The molecule has 28 heavy (non-hydrogen) atoms. The molecule has 1 fully saturated rings. The number of nitrogens with zero attached hydrogens (tertiary/aromatic N) is 3. The Morgan fingerprint density at radius 1 is 1.21 bits per heavy atom. The molecule has 1 aliphatic heterocycles. The lowest BCUT2D eigenvalue weighted by Crippen LogP contribution is -2.50. The Kier molecular flexibility index (Phi) is 5.36. The number of likely N-dealkylation sites (N-methyl/N-ethyl adjacent to an activating group) is 1. The minimum atomic E-state index is -4.71. The number of carbonyl (C=O) groups excluding carboxylic acids is 3. The zero-order valence-electron chi connectivity index (χ0n) is 14.6. The zero-order chi connectivity index (χ0) is 20.5.